The zero-order valence-electron chi connectivity index (χ0n) is 18.1. The minimum atomic E-state index is -3.69. The molecule has 33 heavy (non-hydrogen) atoms. The molecule has 2 aliphatic heterocycles. The second kappa shape index (κ2) is 8.77. The van der Waals surface area contributed by atoms with E-state index < -0.39 is 10.0 Å². The van der Waals surface area contributed by atoms with Crippen LogP contribution in [0.3, 0.4) is 0 Å². The number of benzene rings is 2. The molecule has 1 amide bonds. The van der Waals surface area contributed by atoms with Crippen LogP contribution in [-0.4, -0.2) is 67.9 Å². The van der Waals surface area contributed by atoms with Crippen LogP contribution >= 0.6 is 11.3 Å². The number of fused-ring (bicyclic) bond motifs is 1. The van der Waals surface area contributed by atoms with Crippen LogP contribution in [-0.2, 0) is 10.0 Å². The molecule has 1 fully saturated rings. The lowest BCUT2D eigenvalue weighted by Crippen LogP contribution is -2.50. The predicted octanol–water partition coefficient (Wildman–Crippen LogP) is 3.04. The fourth-order valence-electron chi connectivity index (χ4n) is 3.89. The first kappa shape index (κ1) is 21.9. The molecule has 8 nitrogen and oxygen atoms in total. The van der Waals surface area contributed by atoms with E-state index in [1.807, 2.05) is 24.4 Å². The molecule has 2 aromatic carbocycles. The van der Waals surface area contributed by atoms with E-state index in [1.54, 1.807) is 34.4 Å². The number of piperazine rings is 1. The van der Waals surface area contributed by atoms with Crippen LogP contribution in [0.15, 0.2) is 52.7 Å². The van der Waals surface area contributed by atoms with E-state index in [1.165, 1.54) is 16.4 Å². The van der Waals surface area contributed by atoms with Gasteiger partial charge in [0.2, 0.25) is 10.0 Å². The molecule has 3 aromatic rings. The van der Waals surface area contributed by atoms with Crippen molar-refractivity contribution < 1.29 is 22.7 Å². The van der Waals surface area contributed by atoms with Crippen LogP contribution in [0.25, 0.3) is 10.6 Å². The Hall–Kier alpha value is -2.95. The molecular weight excluding hydrogens is 462 g/mol. The molecule has 1 aromatic heterocycles. The number of rotatable bonds is 4. The van der Waals surface area contributed by atoms with Crippen molar-refractivity contribution >= 4 is 27.3 Å². The van der Waals surface area contributed by atoms with Crippen molar-refractivity contribution in [2.75, 3.05) is 39.4 Å². The van der Waals surface area contributed by atoms with Gasteiger partial charge in [-0.05, 0) is 31.2 Å². The van der Waals surface area contributed by atoms with Gasteiger partial charge in [-0.3, -0.25) is 4.79 Å². The van der Waals surface area contributed by atoms with Crippen LogP contribution in [0.4, 0.5) is 0 Å². The van der Waals surface area contributed by atoms with Crippen molar-refractivity contribution in [1.29, 1.82) is 0 Å². The third-order valence-corrected chi connectivity index (χ3v) is 8.58. The first-order valence-corrected chi connectivity index (χ1v) is 13.0. The normalized spacial score (nSPS) is 16.6. The summed E-state index contributed by atoms with van der Waals surface area (Å²) in [4.78, 5) is 19.3. The summed E-state index contributed by atoms with van der Waals surface area (Å²) in [6.07, 6.45) is 0. The van der Waals surface area contributed by atoms with E-state index in [0.29, 0.717) is 43.4 Å². The van der Waals surface area contributed by atoms with Crippen molar-refractivity contribution in [2.45, 2.75) is 11.8 Å². The summed E-state index contributed by atoms with van der Waals surface area (Å²) < 4.78 is 38.6. The Kier molecular flexibility index (Phi) is 5.81. The largest absolute Gasteiger partial charge is 0.486 e. The smallest absolute Gasteiger partial charge is 0.253 e. The zero-order chi connectivity index (χ0) is 23.0. The first-order valence-electron chi connectivity index (χ1n) is 10.6. The van der Waals surface area contributed by atoms with Crippen LogP contribution in [0.5, 0.6) is 11.5 Å². The van der Waals surface area contributed by atoms with Gasteiger partial charge < -0.3 is 14.4 Å². The van der Waals surface area contributed by atoms with Gasteiger partial charge in [-0.25, -0.2) is 13.4 Å². The second-order valence-electron chi connectivity index (χ2n) is 7.87. The minimum absolute atomic E-state index is 0.103. The Balaban J connectivity index is 1.24. The average Bonchev–Trinajstić information content (AvgIpc) is 3.29. The van der Waals surface area contributed by atoms with E-state index >= 15 is 0 Å². The molecule has 10 heteroatoms. The van der Waals surface area contributed by atoms with Crippen LogP contribution in [0, 0.1) is 6.92 Å². The van der Waals surface area contributed by atoms with E-state index in [-0.39, 0.29) is 23.9 Å². The van der Waals surface area contributed by atoms with E-state index in [4.69, 9.17) is 9.47 Å². The number of nitrogens with zero attached hydrogens (tertiary/aromatic N) is 3. The average molecular weight is 486 g/mol. The van der Waals surface area contributed by atoms with Crippen LogP contribution in [0.2, 0.25) is 0 Å². The predicted molar refractivity (Wildman–Crippen MR) is 124 cm³/mol. The van der Waals surface area contributed by atoms with Crippen molar-refractivity contribution in [3.8, 4) is 22.1 Å². The van der Waals surface area contributed by atoms with Gasteiger partial charge in [-0.1, -0.05) is 12.1 Å². The van der Waals surface area contributed by atoms with Gasteiger partial charge in [0.05, 0.1) is 4.90 Å². The Morgan fingerprint density at radius 1 is 0.970 bits per heavy atom. The molecule has 5 rings (SSSR count). The maximum absolute atomic E-state index is 13.1. The second-order valence-corrected chi connectivity index (χ2v) is 10.7. The number of sulfonamides is 1. The van der Waals surface area contributed by atoms with Crippen molar-refractivity contribution in [3.05, 3.63) is 59.1 Å². The highest BCUT2D eigenvalue weighted by atomic mass is 32.2. The Morgan fingerprint density at radius 2 is 1.67 bits per heavy atom. The molecule has 0 unspecified atom stereocenters. The lowest BCUT2D eigenvalue weighted by molar-refractivity contribution is 0.0698. The summed E-state index contributed by atoms with van der Waals surface area (Å²) >= 11 is 1.57. The third-order valence-electron chi connectivity index (χ3n) is 5.68. The molecule has 2 aliphatic rings. The number of carbonyl (C=O) groups is 1. The number of aromatic nitrogens is 1. The zero-order valence-corrected chi connectivity index (χ0v) is 19.7. The Morgan fingerprint density at radius 3 is 2.33 bits per heavy atom. The van der Waals surface area contributed by atoms with E-state index in [9.17, 15) is 13.2 Å². The van der Waals surface area contributed by atoms with Crippen LogP contribution < -0.4 is 9.47 Å². The maximum atomic E-state index is 13.1. The number of hydrogen-bond donors (Lipinski definition) is 0. The summed E-state index contributed by atoms with van der Waals surface area (Å²) in [5.41, 5.74) is 2.52. The summed E-state index contributed by atoms with van der Waals surface area (Å²) in [7, 11) is -3.69. The van der Waals surface area contributed by atoms with Gasteiger partial charge in [0.25, 0.3) is 5.91 Å². The highest BCUT2D eigenvalue weighted by Gasteiger charge is 2.31. The van der Waals surface area contributed by atoms with Crippen molar-refractivity contribution in [3.63, 3.8) is 0 Å². The van der Waals surface area contributed by atoms with Crippen LogP contribution in [0.1, 0.15) is 16.1 Å². The summed E-state index contributed by atoms with van der Waals surface area (Å²) in [5, 5.41) is 2.91. The molecule has 0 atom stereocenters. The lowest BCUT2D eigenvalue weighted by Gasteiger charge is -2.34. The molecule has 0 spiro atoms. The Labute approximate surface area is 196 Å². The fraction of sp³-hybridized carbons (Fsp3) is 0.304. The molecule has 1 saturated heterocycles. The minimum Gasteiger partial charge on any atom is -0.486 e. The lowest BCUT2D eigenvalue weighted by atomic mass is 10.1. The number of ether oxygens (including phenoxy) is 2. The molecule has 0 aliphatic carbocycles. The Bertz CT molecular complexity index is 1280. The number of amides is 1. The third kappa shape index (κ3) is 4.33. The molecule has 3 heterocycles. The molecule has 0 bridgehead atoms. The summed E-state index contributed by atoms with van der Waals surface area (Å²) in [5.74, 6) is 0.882. The molecule has 0 radical (unpaired) electrons. The van der Waals surface area contributed by atoms with Gasteiger partial charge in [0.15, 0.2) is 11.5 Å². The standard InChI is InChI=1S/C23H23N3O5S2/c1-16-15-32-22(24-16)17-2-4-18(5-3-17)23(27)25-8-10-26(11-9-25)33(28,29)19-6-7-20-21(14-19)31-13-12-30-20/h2-7,14-15H,8-13H2,1H3. The number of carbonyl (C=O) groups excluding carboxylic acids is 1. The van der Waals surface area contributed by atoms with Gasteiger partial charge in [0, 0.05) is 54.4 Å². The van der Waals surface area contributed by atoms with Gasteiger partial charge in [-0.2, -0.15) is 4.31 Å². The highest BCUT2D eigenvalue weighted by Crippen LogP contribution is 2.33. The van der Waals surface area contributed by atoms with Crippen molar-refractivity contribution in [1.82, 2.24) is 14.2 Å². The topological polar surface area (TPSA) is 89.0 Å². The quantitative estimate of drug-likeness (QED) is 0.564. The monoisotopic (exact) mass is 485 g/mol. The maximum Gasteiger partial charge on any atom is 0.253 e. The molecule has 0 N–H and O–H groups in total. The summed E-state index contributed by atoms with van der Waals surface area (Å²) in [6, 6.07) is 12.1. The molecular formula is C23H23N3O5S2. The number of thiazole rings is 1. The fourth-order valence-corrected chi connectivity index (χ4v) is 6.13. The van der Waals surface area contributed by atoms with Gasteiger partial charge in [-0.15, -0.1) is 11.3 Å². The first-order chi connectivity index (χ1) is 15.9. The summed E-state index contributed by atoms with van der Waals surface area (Å²) in [6.45, 7) is 3.92. The molecule has 0 saturated carbocycles. The van der Waals surface area contributed by atoms with Gasteiger partial charge >= 0.3 is 0 Å². The number of hydrogen-bond acceptors (Lipinski definition) is 7. The van der Waals surface area contributed by atoms with E-state index in [0.717, 1.165) is 16.3 Å². The van der Waals surface area contributed by atoms with Crippen molar-refractivity contribution in [2.24, 2.45) is 0 Å². The highest BCUT2D eigenvalue weighted by molar-refractivity contribution is 7.89. The SMILES string of the molecule is Cc1csc(-c2ccc(C(=O)N3CCN(S(=O)(=O)c4ccc5c(c4)OCCO5)CC3)cc2)n1. The molecule has 172 valence electrons. The number of aryl methyl sites for hydroxylation is 1. The van der Waals surface area contributed by atoms with E-state index in [2.05, 4.69) is 4.98 Å². The van der Waals surface area contributed by atoms with Gasteiger partial charge in [0.1, 0.15) is 18.2 Å².